The van der Waals surface area contributed by atoms with Crippen LogP contribution in [0.3, 0.4) is 0 Å². The average molecular weight is 497 g/mol. The number of hydroxylamine groups is 1. The summed E-state index contributed by atoms with van der Waals surface area (Å²) in [6, 6.07) is 12.9. The van der Waals surface area contributed by atoms with Crippen molar-refractivity contribution in [2.24, 2.45) is 0 Å². The standard InChI is InChI=1S/C25H31F3N2O5/c1-24(2,3)35-23(33)30(13-12-22(32)29-34-17-18-8-5-4-6-9-18)21(16-31)15-19-10-7-11-20(14-19)25(26,27)28/h4-11,14,21,31H,12-13,15-17H2,1-3H3,(H,29,32). The third-order valence-electron chi connectivity index (χ3n) is 4.85. The predicted octanol–water partition coefficient (Wildman–Crippen LogP) is 4.48. The van der Waals surface area contributed by atoms with Gasteiger partial charge in [0, 0.05) is 13.0 Å². The highest BCUT2D eigenvalue weighted by Crippen LogP contribution is 2.30. The molecular weight excluding hydrogens is 465 g/mol. The van der Waals surface area contributed by atoms with Crippen LogP contribution in [0.1, 0.15) is 43.9 Å². The zero-order valence-electron chi connectivity index (χ0n) is 20.0. The quantitative estimate of drug-likeness (QED) is 0.474. The van der Waals surface area contributed by atoms with Crippen molar-refractivity contribution in [1.82, 2.24) is 10.4 Å². The number of aliphatic hydroxyl groups excluding tert-OH is 1. The van der Waals surface area contributed by atoms with Crippen molar-refractivity contribution in [2.45, 2.75) is 58.0 Å². The van der Waals surface area contributed by atoms with Crippen LogP contribution in [0.4, 0.5) is 18.0 Å². The van der Waals surface area contributed by atoms with Gasteiger partial charge in [0.25, 0.3) is 0 Å². The highest BCUT2D eigenvalue weighted by Gasteiger charge is 2.32. The number of ether oxygens (including phenoxy) is 1. The average Bonchev–Trinajstić information content (AvgIpc) is 2.77. The molecule has 2 rings (SSSR count). The Morgan fingerprint density at radius 3 is 2.29 bits per heavy atom. The summed E-state index contributed by atoms with van der Waals surface area (Å²) in [6.07, 6.45) is -5.55. The van der Waals surface area contributed by atoms with Crippen LogP contribution in [-0.4, -0.2) is 46.8 Å². The molecule has 0 bridgehead atoms. The van der Waals surface area contributed by atoms with Gasteiger partial charge in [0.2, 0.25) is 5.91 Å². The highest BCUT2D eigenvalue weighted by atomic mass is 19.4. The van der Waals surface area contributed by atoms with E-state index in [1.165, 1.54) is 12.1 Å². The molecule has 2 aromatic carbocycles. The lowest BCUT2D eigenvalue weighted by molar-refractivity contribution is -0.137. The Bertz CT molecular complexity index is 962. The van der Waals surface area contributed by atoms with Crippen LogP contribution < -0.4 is 5.48 Å². The third kappa shape index (κ3) is 9.96. The van der Waals surface area contributed by atoms with E-state index in [4.69, 9.17) is 9.57 Å². The number of carbonyl (C=O) groups is 2. The van der Waals surface area contributed by atoms with Crippen molar-refractivity contribution in [2.75, 3.05) is 13.2 Å². The fourth-order valence-electron chi connectivity index (χ4n) is 3.21. The Hall–Kier alpha value is -3.11. The number of nitrogens with one attached hydrogen (secondary N) is 1. The van der Waals surface area contributed by atoms with Gasteiger partial charge >= 0.3 is 12.3 Å². The minimum Gasteiger partial charge on any atom is -0.444 e. The monoisotopic (exact) mass is 496 g/mol. The molecule has 0 aliphatic heterocycles. The summed E-state index contributed by atoms with van der Waals surface area (Å²) < 4.78 is 44.7. The Morgan fingerprint density at radius 1 is 1.03 bits per heavy atom. The molecule has 0 spiro atoms. The maximum absolute atomic E-state index is 13.1. The van der Waals surface area contributed by atoms with Gasteiger partial charge in [-0.2, -0.15) is 13.2 Å². The number of hydrogen-bond acceptors (Lipinski definition) is 5. The smallest absolute Gasteiger partial charge is 0.416 e. The van der Waals surface area contributed by atoms with E-state index in [0.717, 1.165) is 22.6 Å². The molecule has 0 aromatic heterocycles. The second-order valence-corrected chi connectivity index (χ2v) is 8.96. The van der Waals surface area contributed by atoms with E-state index < -0.39 is 42.0 Å². The van der Waals surface area contributed by atoms with E-state index >= 15 is 0 Å². The molecule has 2 N–H and O–H groups in total. The molecule has 10 heteroatoms. The van der Waals surface area contributed by atoms with Crippen LogP contribution in [0.2, 0.25) is 0 Å². The van der Waals surface area contributed by atoms with Gasteiger partial charge in [0.1, 0.15) is 5.60 Å². The minimum atomic E-state index is -4.52. The lowest BCUT2D eigenvalue weighted by Gasteiger charge is -2.32. The molecule has 0 fully saturated rings. The van der Waals surface area contributed by atoms with Gasteiger partial charge in [0.15, 0.2) is 0 Å². The molecular formula is C25H31F3N2O5. The lowest BCUT2D eigenvalue weighted by Crippen LogP contribution is -2.47. The van der Waals surface area contributed by atoms with Gasteiger partial charge in [-0.15, -0.1) is 0 Å². The van der Waals surface area contributed by atoms with E-state index in [1.54, 1.807) is 20.8 Å². The van der Waals surface area contributed by atoms with Crippen molar-refractivity contribution >= 4 is 12.0 Å². The van der Waals surface area contributed by atoms with Crippen LogP contribution in [-0.2, 0) is 33.6 Å². The second-order valence-electron chi connectivity index (χ2n) is 8.96. The molecule has 0 saturated heterocycles. The van der Waals surface area contributed by atoms with Crippen molar-refractivity contribution in [1.29, 1.82) is 0 Å². The number of hydrogen-bond donors (Lipinski definition) is 2. The molecule has 0 aliphatic rings. The number of carbonyl (C=O) groups excluding carboxylic acids is 2. The number of alkyl halides is 3. The third-order valence-corrected chi connectivity index (χ3v) is 4.85. The summed E-state index contributed by atoms with van der Waals surface area (Å²) in [6.45, 7) is 4.45. The number of amides is 2. The number of aliphatic hydroxyl groups is 1. The van der Waals surface area contributed by atoms with Crippen molar-refractivity contribution in [3.63, 3.8) is 0 Å². The Labute approximate surface area is 202 Å². The highest BCUT2D eigenvalue weighted by molar-refractivity contribution is 5.76. The lowest BCUT2D eigenvalue weighted by atomic mass is 10.0. The molecule has 35 heavy (non-hydrogen) atoms. The number of halogens is 3. The van der Waals surface area contributed by atoms with Crippen molar-refractivity contribution in [3.05, 3.63) is 71.3 Å². The number of rotatable bonds is 10. The first-order valence-corrected chi connectivity index (χ1v) is 11.1. The summed E-state index contributed by atoms with van der Waals surface area (Å²) in [4.78, 5) is 31.5. The molecule has 7 nitrogen and oxygen atoms in total. The molecule has 0 saturated carbocycles. The molecule has 0 heterocycles. The molecule has 2 aromatic rings. The Kier molecular flexibility index (Phi) is 10.1. The molecule has 2 amide bonds. The number of nitrogens with zero attached hydrogens (tertiary/aromatic N) is 1. The van der Waals surface area contributed by atoms with Gasteiger partial charge in [-0.3, -0.25) is 9.63 Å². The molecule has 0 radical (unpaired) electrons. The van der Waals surface area contributed by atoms with Crippen LogP contribution in [0.25, 0.3) is 0 Å². The first-order valence-electron chi connectivity index (χ1n) is 11.1. The van der Waals surface area contributed by atoms with Crippen LogP contribution in [0.15, 0.2) is 54.6 Å². The van der Waals surface area contributed by atoms with Gasteiger partial charge in [-0.25, -0.2) is 10.3 Å². The van der Waals surface area contributed by atoms with Crippen LogP contribution in [0, 0.1) is 0 Å². The van der Waals surface area contributed by atoms with E-state index in [9.17, 15) is 27.9 Å². The summed E-state index contributed by atoms with van der Waals surface area (Å²) in [5.41, 5.74) is 1.75. The van der Waals surface area contributed by atoms with Crippen molar-refractivity contribution < 1.29 is 37.4 Å². The fourth-order valence-corrected chi connectivity index (χ4v) is 3.21. The topological polar surface area (TPSA) is 88.1 Å². The van der Waals surface area contributed by atoms with Crippen molar-refractivity contribution in [3.8, 4) is 0 Å². The predicted molar refractivity (Wildman–Crippen MR) is 123 cm³/mol. The van der Waals surface area contributed by atoms with Gasteiger partial charge in [0.05, 0.1) is 24.8 Å². The Balaban J connectivity index is 2.07. The Morgan fingerprint density at radius 2 is 1.69 bits per heavy atom. The maximum Gasteiger partial charge on any atom is 0.416 e. The van der Waals surface area contributed by atoms with Crippen LogP contribution >= 0.6 is 0 Å². The fraction of sp³-hybridized carbons (Fsp3) is 0.440. The first-order chi connectivity index (χ1) is 16.4. The molecule has 192 valence electrons. The van der Waals surface area contributed by atoms with Gasteiger partial charge in [-0.1, -0.05) is 48.5 Å². The SMILES string of the molecule is CC(C)(C)OC(=O)N(CCC(=O)NOCc1ccccc1)C(CO)Cc1cccc(C(F)(F)F)c1. The first kappa shape index (κ1) is 28.1. The zero-order valence-corrected chi connectivity index (χ0v) is 20.0. The van der Waals surface area contributed by atoms with E-state index in [0.29, 0.717) is 0 Å². The van der Waals surface area contributed by atoms with E-state index in [1.807, 2.05) is 30.3 Å². The van der Waals surface area contributed by atoms with Gasteiger partial charge < -0.3 is 14.7 Å². The van der Waals surface area contributed by atoms with Crippen LogP contribution in [0.5, 0.6) is 0 Å². The van der Waals surface area contributed by atoms with Gasteiger partial charge in [-0.05, 0) is 44.4 Å². The normalized spacial score (nSPS) is 12.7. The maximum atomic E-state index is 13.1. The summed E-state index contributed by atoms with van der Waals surface area (Å²) in [5.74, 6) is -0.509. The van der Waals surface area contributed by atoms with E-state index in [-0.39, 0.29) is 31.6 Å². The summed E-state index contributed by atoms with van der Waals surface area (Å²) >= 11 is 0. The number of benzene rings is 2. The summed E-state index contributed by atoms with van der Waals surface area (Å²) in [5, 5.41) is 9.97. The van der Waals surface area contributed by atoms with E-state index in [2.05, 4.69) is 5.48 Å². The molecule has 1 atom stereocenters. The minimum absolute atomic E-state index is 0.0637. The summed E-state index contributed by atoms with van der Waals surface area (Å²) in [7, 11) is 0. The molecule has 1 unspecified atom stereocenters. The second kappa shape index (κ2) is 12.6. The molecule has 0 aliphatic carbocycles. The largest absolute Gasteiger partial charge is 0.444 e. The zero-order chi connectivity index (χ0) is 26.1.